The molecule has 1 aromatic carbocycles. The van der Waals surface area contributed by atoms with Gasteiger partial charge in [-0.2, -0.15) is 4.31 Å². The van der Waals surface area contributed by atoms with Crippen molar-refractivity contribution in [2.24, 2.45) is 11.8 Å². The van der Waals surface area contributed by atoms with Gasteiger partial charge in [-0.3, -0.25) is 9.36 Å². The van der Waals surface area contributed by atoms with Gasteiger partial charge in [0.25, 0.3) is 0 Å². The van der Waals surface area contributed by atoms with Gasteiger partial charge in [-0.25, -0.2) is 13.2 Å². The molecule has 4 rings (SSSR count). The molecule has 2 aliphatic heterocycles. The van der Waals surface area contributed by atoms with Gasteiger partial charge in [-0.05, 0) is 49.7 Å². The first-order valence-electron chi connectivity index (χ1n) is 10.7. The molecule has 30 heavy (non-hydrogen) atoms. The molecule has 0 radical (unpaired) electrons. The van der Waals surface area contributed by atoms with E-state index in [9.17, 15) is 18.0 Å². The van der Waals surface area contributed by atoms with E-state index < -0.39 is 15.8 Å². The monoisotopic (exact) mass is 435 g/mol. The minimum Gasteiger partial charge on any atom is -0.408 e. The topological polar surface area (TPSA) is 92.8 Å². The van der Waals surface area contributed by atoms with Gasteiger partial charge < -0.3 is 9.32 Å². The van der Waals surface area contributed by atoms with Crippen molar-refractivity contribution in [3.8, 4) is 0 Å². The fraction of sp³-hybridized carbons (Fsp3) is 0.619. The highest BCUT2D eigenvalue weighted by atomic mass is 32.2. The van der Waals surface area contributed by atoms with Gasteiger partial charge in [-0.1, -0.05) is 13.8 Å². The zero-order valence-corrected chi connectivity index (χ0v) is 18.4. The summed E-state index contributed by atoms with van der Waals surface area (Å²) in [5.41, 5.74) is 0.621. The zero-order chi connectivity index (χ0) is 21.5. The maximum Gasteiger partial charge on any atom is 0.420 e. The van der Waals surface area contributed by atoms with Crippen molar-refractivity contribution in [2.75, 3.05) is 26.2 Å². The lowest BCUT2D eigenvalue weighted by atomic mass is 9.94. The predicted molar refractivity (Wildman–Crippen MR) is 113 cm³/mol. The number of nitrogens with zero attached hydrogens (tertiary/aromatic N) is 3. The van der Waals surface area contributed by atoms with Crippen LogP contribution in [-0.4, -0.2) is 54.3 Å². The Bertz CT molecular complexity index is 1090. The molecule has 2 fully saturated rings. The van der Waals surface area contributed by atoms with Crippen LogP contribution in [0.2, 0.25) is 0 Å². The fourth-order valence-electron chi connectivity index (χ4n) is 4.69. The number of rotatable bonds is 4. The number of benzene rings is 1. The Labute approximate surface area is 176 Å². The molecule has 3 heterocycles. The van der Waals surface area contributed by atoms with Crippen LogP contribution in [0.5, 0.6) is 0 Å². The largest absolute Gasteiger partial charge is 0.420 e. The Morgan fingerprint density at radius 2 is 1.77 bits per heavy atom. The van der Waals surface area contributed by atoms with E-state index in [0.29, 0.717) is 43.5 Å². The zero-order valence-electron chi connectivity index (χ0n) is 17.5. The van der Waals surface area contributed by atoms with Crippen molar-refractivity contribution in [3.63, 3.8) is 0 Å². The van der Waals surface area contributed by atoms with E-state index in [-0.39, 0.29) is 22.9 Å². The number of carbonyl (C=O) groups excluding carboxylic acids is 1. The number of fused-ring (bicyclic) bond motifs is 1. The van der Waals surface area contributed by atoms with E-state index in [1.165, 1.54) is 21.0 Å². The summed E-state index contributed by atoms with van der Waals surface area (Å²) < 4.78 is 34.4. The molecule has 2 atom stereocenters. The van der Waals surface area contributed by atoms with E-state index in [1.807, 2.05) is 0 Å². The van der Waals surface area contributed by atoms with Crippen LogP contribution in [0, 0.1) is 11.8 Å². The predicted octanol–water partition coefficient (Wildman–Crippen LogP) is 2.27. The first kappa shape index (κ1) is 21.1. The van der Waals surface area contributed by atoms with E-state index in [2.05, 4.69) is 13.8 Å². The Balaban J connectivity index is 1.61. The van der Waals surface area contributed by atoms with Crippen LogP contribution in [0.25, 0.3) is 11.1 Å². The third-order valence-electron chi connectivity index (χ3n) is 6.11. The number of oxazole rings is 1. The maximum absolute atomic E-state index is 13.1. The van der Waals surface area contributed by atoms with Crippen molar-refractivity contribution >= 4 is 27.0 Å². The molecule has 0 N–H and O–H groups in total. The Morgan fingerprint density at radius 1 is 1.10 bits per heavy atom. The number of carbonyl (C=O) groups is 1. The maximum atomic E-state index is 13.1. The SMILES string of the molecule is CC1CC(C)CN(S(=O)(=O)c2ccc3c(c2)oc(=O)n3CC(=O)N2CCCCC2)C1. The second kappa shape index (κ2) is 8.19. The van der Waals surface area contributed by atoms with Gasteiger partial charge in [-0.15, -0.1) is 0 Å². The number of hydrogen-bond donors (Lipinski definition) is 0. The Kier molecular flexibility index (Phi) is 5.76. The molecule has 0 saturated carbocycles. The van der Waals surface area contributed by atoms with E-state index in [0.717, 1.165) is 25.7 Å². The number of hydrogen-bond acceptors (Lipinski definition) is 5. The third-order valence-corrected chi connectivity index (χ3v) is 7.94. The molecular formula is C21H29N3O5S. The lowest BCUT2D eigenvalue weighted by molar-refractivity contribution is -0.132. The van der Waals surface area contributed by atoms with Crippen molar-refractivity contribution in [1.82, 2.24) is 13.8 Å². The highest BCUT2D eigenvalue weighted by Crippen LogP contribution is 2.28. The molecule has 164 valence electrons. The summed E-state index contributed by atoms with van der Waals surface area (Å²) in [6.45, 7) is 6.40. The third kappa shape index (κ3) is 4.05. The summed E-state index contributed by atoms with van der Waals surface area (Å²) in [6, 6.07) is 4.46. The van der Waals surface area contributed by atoms with Crippen LogP contribution < -0.4 is 5.76 Å². The highest BCUT2D eigenvalue weighted by molar-refractivity contribution is 7.89. The molecule has 1 aromatic heterocycles. The average molecular weight is 436 g/mol. The Morgan fingerprint density at radius 3 is 2.43 bits per heavy atom. The molecule has 8 nitrogen and oxygen atoms in total. The molecule has 0 bridgehead atoms. The van der Waals surface area contributed by atoms with Gasteiger partial charge >= 0.3 is 5.76 Å². The van der Waals surface area contributed by atoms with Crippen LogP contribution in [-0.2, 0) is 21.4 Å². The summed E-state index contributed by atoms with van der Waals surface area (Å²) in [4.78, 5) is 26.8. The van der Waals surface area contributed by atoms with Gasteiger partial charge in [0.15, 0.2) is 5.58 Å². The number of likely N-dealkylation sites (tertiary alicyclic amines) is 1. The average Bonchev–Trinajstić information content (AvgIpc) is 3.02. The number of piperidine rings is 2. The van der Waals surface area contributed by atoms with Gasteiger partial charge in [0.2, 0.25) is 15.9 Å². The minimum absolute atomic E-state index is 0.0981. The van der Waals surface area contributed by atoms with Crippen LogP contribution in [0.15, 0.2) is 32.3 Å². The molecule has 0 spiro atoms. The first-order valence-corrected chi connectivity index (χ1v) is 12.1. The van der Waals surface area contributed by atoms with E-state index >= 15 is 0 Å². The Hall–Kier alpha value is -2.13. The summed E-state index contributed by atoms with van der Waals surface area (Å²) in [6.07, 6.45) is 4.07. The summed E-state index contributed by atoms with van der Waals surface area (Å²) in [5, 5.41) is 0. The summed E-state index contributed by atoms with van der Waals surface area (Å²) in [5.74, 6) is -0.170. The highest BCUT2D eigenvalue weighted by Gasteiger charge is 2.32. The second-order valence-electron chi connectivity index (χ2n) is 8.79. The molecular weight excluding hydrogens is 406 g/mol. The fourth-order valence-corrected chi connectivity index (χ4v) is 6.38. The summed E-state index contributed by atoms with van der Waals surface area (Å²) >= 11 is 0. The summed E-state index contributed by atoms with van der Waals surface area (Å²) in [7, 11) is -3.68. The molecule has 2 aromatic rings. The van der Waals surface area contributed by atoms with Gasteiger partial charge in [0, 0.05) is 32.2 Å². The van der Waals surface area contributed by atoms with Crippen molar-refractivity contribution in [3.05, 3.63) is 28.7 Å². The molecule has 1 amide bonds. The number of amides is 1. The van der Waals surface area contributed by atoms with Crippen molar-refractivity contribution in [2.45, 2.75) is 51.0 Å². The quantitative estimate of drug-likeness (QED) is 0.735. The second-order valence-corrected chi connectivity index (χ2v) is 10.7. The van der Waals surface area contributed by atoms with Crippen LogP contribution in [0.4, 0.5) is 0 Å². The molecule has 2 saturated heterocycles. The molecule has 2 unspecified atom stereocenters. The molecule has 9 heteroatoms. The standard InChI is InChI=1S/C21H29N3O5S/c1-15-10-16(2)13-23(12-15)30(27,28)17-6-7-18-19(11-17)29-21(26)24(18)14-20(25)22-8-4-3-5-9-22/h6-7,11,15-16H,3-5,8-10,12-14H2,1-2H3. The number of aromatic nitrogens is 1. The van der Waals surface area contributed by atoms with Crippen LogP contribution in [0.3, 0.4) is 0 Å². The first-order chi connectivity index (χ1) is 14.3. The lowest BCUT2D eigenvalue weighted by Crippen LogP contribution is -2.42. The van der Waals surface area contributed by atoms with E-state index in [4.69, 9.17) is 4.42 Å². The minimum atomic E-state index is -3.68. The smallest absolute Gasteiger partial charge is 0.408 e. The van der Waals surface area contributed by atoms with Crippen molar-refractivity contribution < 1.29 is 17.6 Å². The van der Waals surface area contributed by atoms with E-state index in [1.54, 1.807) is 11.0 Å². The van der Waals surface area contributed by atoms with Gasteiger partial charge in [0.1, 0.15) is 6.54 Å². The van der Waals surface area contributed by atoms with Gasteiger partial charge in [0.05, 0.1) is 10.4 Å². The molecule has 2 aliphatic rings. The van der Waals surface area contributed by atoms with Crippen LogP contribution >= 0.6 is 0 Å². The lowest BCUT2D eigenvalue weighted by Gasteiger charge is -2.34. The van der Waals surface area contributed by atoms with Crippen LogP contribution in [0.1, 0.15) is 39.5 Å². The molecule has 0 aliphatic carbocycles. The van der Waals surface area contributed by atoms with Crippen molar-refractivity contribution in [1.29, 1.82) is 0 Å². The number of sulfonamides is 1. The normalized spacial score (nSPS) is 23.7.